The minimum Gasteiger partial charge on any atom is -0.496 e. The molecule has 0 aliphatic carbocycles. The maximum absolute atomic E-state index is 14.9. The molecule has 0 N–H and O–H groups in total. The van der Waals surface area contributed by atoms with E-state index in [1.54, 1.807) is 26.4 Å². The SMILES string of the molecule is [C-]#[N+]c1ccc2cc3c(OC)cc(P4(=O)Oc5ccccc5-c5ccccc54)c(OC)c3cc2c1. The van der Waals surface area contributed by atoms with Crippen LogP contribution in [0, 0.1) is 6.57 Å². The molecule has 0 radical (unpaired) electrons. The highest BCUT2D eigenvalue weighted by atomic mass is 31.2. The van der Waals surface area contributed by atoms with Crippen LogP contribution in [0.2, 0.25) is 0 Å². The van der Waals surface area contributed by atoms with Gasteiger partial charge in [0.25, 0.3) is 0 Å². The number of rotatable bonds is 3. The third-order valence-corrected chi connectivity index (χ3v) is 8.91. The third kappa shape index (κ3) is 3.11. The van der Waals surface area contributed by atoms with Crippen LogP contribution in [0.15, 0.2) is 84.9 Å². The molecule has 1 atom stereocenters. The molecule has 0 saturated heterocycles. The molecule has 1 heterocycles. The quantitative estimate of drug-likeness (QED) is 0.162. The maximum atomic E-state index is 14.9. The van der Waals surface area contributed by atoms with Crippen molar-refractivity contribution in [1.82, 2.24) is 0 Å². The van der Waals surface area contributed by atoms with E-state index in [1.165, 1.54) is 0 Å². The molecule has 170 valence electrons. The molecule has 6 heteroatoms. The second kappa shape index (κ2) is 7.91. The summed E-state index contributed by atoms with van der Waals surface area (Å²) < 4.78 is 32.9. The first-order valence-corrected chi connectivity index (χ1v) is 12.7. The molecule has 5 nitrogen and oxygen atoms in total. The predicted molar refractivity (Wildman–Crippen MR) is 140 cm³/mol. The number of benzene rings is 5. The van der Waals surface area contributed by atoms with Gasteiger partial charge in [0.05, 0.1) is 31.4 Å². The van der Waals surface area contributed by atoms with Crippen molar-refractivity contribution in [2.24, 2.45) is 0 Å². The van der Waals surface area contributed by atoms with Gasteiger partial charge < -0.3 is 14.0 Å². The molecular weight excluding hydrogens is 457 g/mol. The normalized spacial score (nSPS) is 16.1. The highest BCUT2D eigenvalue weighted by molar-refractivity contribution is 7.75. The van der Waals surface area contributed by atoms with Crippen LogP contribution in [0.25, 0.3) is 37.5 Å². The van der Waals surface area contributed by atoms with Gasteiger partial charge in [0.1, 0.15) is 17.2 Å². The molecule has 1 unspecified atom stereocenters. The Morgan fingerprint density at radius 2 is 1.51 bits per heavy atom. The van der Waals surface area contributed by atoms with E-state index in [4.69, 9.17) is 20.6 Å². The number of nitrogens with zero attached hydrogens (tertiary/aromatic N) is 1. The first-order valence-electron chi connectivity index (χ1n) is 11.1. The molecule has 0 fully saturated rings. The van der Waals surface area contributed by atoms with E-state index in [-0.39, 0.29) is 0 Å². The van der Waals surface area contributed by atoms with Gasteiger partial charge in [-0.3, -0.25) is 4.57 Å². The van der Waals surface area contributed by atoms with Crippen LogP contribution in [0.5, 0.6) is 17.2 Å². The van der Waals surface area contributed by atoms with Crippen LogP contribution in [-0.2, 0) is 4.57 Å². The summed E-state index contributed by atoms with van der Waals surface area (Å²) >= 11 is 0. The summed E-state index contributed by atoms with van der Waals surface area (Å²) in [6, 6.07) is 26.5. The Morgan fingerprint density at radius 3 is 2.29 bits per heavy atom. The van der Waals surface area contributed by atoms with E-state index >= 15 is 0 Å². The van der Waals surface area contributed by atoms with Crippen LogP contribution >= 0.6 is 7.37 Å². The van der Waals surface area contributed by atoms with E-state index in [0.29, 0.717) is 33.5 Å². The summed E-state index contributed by atoms with van der Waals surface area (Å²) in [5, 5.41) is 4.48. The number of hydrogen-bond donors (Lipinski definition) is 0. The minimum absolute atomic E-state index is 0.437. The summed E-state index contributed by atoms with van der Waals surface area (Å²) in [4.78, 5) is 3.56. The van der Waals surface area contributed by atoms with Gasteiger partial charge in [0.15, 0.2) is 5.69 Å². The summed E-state index contributed by atoms with van der Waals surface area (Å²) in [6.45, 7) is 7.37. The van der Waals surface area contributed by atoms with Crippen LogP contribution in [-0.4, -0.2) is 14.2 Å². The van der Waals surface area contributed by atoms with Gasteiger partial charge in [-0.2, -0.15) is 0 Å². The first kappa shape index (κ1) is 21.3. The average Bonchev–Trinajstić information content (AvgIpc) is 2.90. The summed E-state index contributed by atoms with van der Waals surface area (Å²) in [7, 11) is -0.451. The number of ether oxygens (including phenoxy) is 2. The van der Waals surface area contributed by atoms with Crippen molar-refractivity contribution in [3.63, 3.8) is 0 Å². The van der Waals surface area contributed by atoms with Crippen LogP contribution in [0.3, 0.4) is 0 Å². The Labute approximate surface area is 202 Å². The lowest BCUT2D eigenvalue weighted by molar-refractivity contribution is 0.412. The Morgan fingerprint density at radius 1 is 0.771 bits per heavy atom. The van der Waals surface area contributed by atoms with Crippen molar-refractivity contribution in [2.75, 3.05) is 14.2 Å². The highest BCUT2D eigenvalue weighted by Crippen LogP contribution is 2.56. The molecule has 0 spiro atoms. The summed E-state index contributed by atoms with van der Waals surface area (Å²) in [5.41, 5.74) is 2.32. The number of fused-ring (bicyclic) bond motifs is 5. The second-order valence-electron chi connectivity index (χ2n) is 8.33. The first-order chi connectivity index (χ1) is 17.1. The van der Waals surface area contributed by atoms with Crippen LogP contribution in [0.1, 0.15) is 0 Å². The minimum atomic E-state index is -3.62. The van der Waals surface area contributed by atoms with Gasteiger partial charge in [-0.1, -0.05) is 48.5 Å². The lowest BCUT2D eigenvalue weighted by atomic mass is 10.0. The molecular formula is C29H20NO4P. The predicted octanol–water partition coefficient (Wildman–Crippen LogP) is 6.85. The van der Waals surface area contributed by atoms with Crippen molar-refractivity contribution in [1.29, 1.82) is 0 Å². The monoisotopic (exact) mass is 477 g/mol. The van der Waals surface area contributed by atoms with Crippen molar-refractivity contribution in [3.05, 3.63) is 96.3 Å². The van der Waals surface area contributed by atoms with Gasteiger partial charge in [0, 0.05) is 16.3 Å². The van der Waals surface area contributed by atoms with E-state index in [2.05, 4.69) is 4.85 Å². The van der Waals surface area contributed by atoms with Gasteiger partial charge in [-0.25, -0.2) is 4.85 Å². The number of hydrogen-bond acceptors (Lipinski definition) is 4. The fraction of sp³-hybridized carbons (Fsp3) is 0.0690. The van der Waals surface area contributed by atoms with Crippen molar-refractivity contribution in [2.45, 2.75) is 0 Å². The second-order valence-corrected chi connectivity index (χ2v) is 10.6. The van der Waals surface area contributed by atoms with Gasteiger partial charge >= 0.3 is 7.37 Å². The van der Waals surface area contributed by atoms with Gasteiger partial charge in [-0.05, 0) is 52.7 Å². The van der Waals surface area contributed by atoms with Gasteiger partial charge in [0.2, 0.25) is 0 Å². The third-order valence-electron chi connectivity index (χ3n) is 6.47. The van der Waals surface area contributed by atoms with Crippen LogP contribution < -0.4 is 24.6 Å². The van der Waals surface area contributed by atoms with Crippen molar-refractivity contribution in [3.8, 4) is 28.4 Å². The van der Waals surface area contributed by atoms with E-state index in [9.17, 15) is 4.57 Å². The van der Waals surface area contributed by atoms with Gasteiger partial charge in [-0.15, -0.1) is 0 Å². The van der Waals surface area contributed by atoms with E-state index in [0.717, 1.165) is 32.7 Å². The molecule has 0 bridgehead atoms. The molecule has 0 saturated carbocycles. The largest absolute Gasteiger partial charge is 0.496 e. The molecule has 35 heavy (non-hydrogen) atoms. The van der Waals surface area contributed by atoms with Crippen molar-refractivity contribution >= 4 is 45.2 Å². The summed E-state index contributed by atoms with van der Waals surface area (Å²) in [6.07, 6.45) is 0. The smallest absolute Gasteiger partial charge is 0.311 e. The molecule has 0 aromatic heterocycles. The molecule has 1 aliphatic rings. The topological polar surface area (TPSA) is 49.1 Å². The molecule has 0 amide bonds. The maximum Gasteiger partial charge on any atom is 0.311 e. The Hall–Kier alpha value is -4.26. The average molecular weight is 477 g/mol. The molecule has 5 aromatic rings. The number of para-hydroxylation sites is 1. The van der Waals surface area contributed by atoms with E-state index in [1.807, 2.05) is 72.8 Å². The zero-order chi connectivity index (χ0) is 24.2. The zero-order valence-electron chi connectivity index (χ0n) is 19.1. The summed E-state index contributed by atoms with van der Waals surface area (Å²) in [5.74, 6) is 1.60. The lowest BCUT2D eigenvalue weighted by Crippen LogP contribution is -2.26. The Bertz CT molecular complexity index is 1750. The molecule has 1 aliphatic heterocycles. The molecule has 6 rings (SSSR count). The molecule has 5 aromatic carbocycles. The Kier molecular flexibility index (Phi) is 4.81. The fourth-order valence-electron chi connectivity index (χ4n) is 4.85. The standard InChI is InChI=1S/C29H20NO4P/c1-30-20-13-12-18-15-23-24(16-19(18)14-20)29(33-3)28(17-26(23)32-2)35(31)27-11-7-5-9-22(27)21-8-4-6-10-25(21)34-35/h4-17H,2-3H3. The Balaban J connectivity index is 1.70. The fourth-order valence-corrected chi connectivity index (χ4v) is 7.30. The zero-order valence-corrected chi connectivity index (χ0v) is 20.0. The lowest BCUT2D eigenvalue weighted by Gasteiger charge is -2.30. The van der Waals surface area contributed by atoms with Crippen LogP contribution in [0.4, 0.5) is 5.69 Å². The highest BCUT2D eigenvalue weighted by Gasteiger charge is 2.41. The van der Waals surface area contributed by atoms with E-state index < -0.39 is 7.37 Å². The number of methoxy groups -OCH3 is 2. The van der Waals surface area contributed by atoms with Crippen molar-refractivity contribution < 1.29 is 18.6 Å².